The number of hydrogen-bond donors (Lipinski definition) is 1. The maximum absolute atomic E-state index is 5.37. The Hall–Kier alpha value is -1.88. The number of ether oxygens (including phenoxy) is 1. The molecule has 0 aromatic carbocycles. The number of oxazole rings is 1. The number of nitrogens with one attached hydrogen (secondary N) is 1. The second-order valence-corrected chi connectivity index (χ2v) is 4.11. The van der Waals surface area contributed by atoms with Crippen molar-refractivity contribution in [2.24, 2.45) is 0 Å². The zero-order valence-electron chi connectivity index (χ0n) is 10.9. The van der Waals surface area contributed by atoms with Crippen LogP contribution in [0.25, 0.3) is 0 Å². The van der Waals surface area contributed by atoms with Crippen molar-refractivity contribution in [3.63, 3.8) is 0 Å². The van der Waals surface area contributed by atoms with E-state index in [1.807, 2.05) is 26.0 Å². The summed E-state index contributed by atoms with van der Waals surface area (Å²) in [5.41, 5.74) is 1.88. The van der Waals surface area contributed by atoms with Gasteiger partial charge in [0.1, 0.15) is 11.5 Å². The van der Waals surface area contributed by atoms with Crippen LogP contribution in [0.4, 0.5) is 0 Å². The molecule has 0 aliphatic heterocycles. The summed E-state index contributed by atoms with van der Waals surface area (Å²) in [5.74, 6) is 2.33. The number of aryl methyl sites for hydroxylation is 2. The normalized spacial score (nSPS) is 10.6. The Bertz CT molecular complexity index is 523. The van der Waals surface area contributed by atoms with Crippen molar-refractivity contribution in [3.8, 4) is 5.75 Å². The minimum absolute atomic E-state index is 0.589. The van der Waals surface area contributed by atoms with Crippen LogP contribution in [0.1, 0.15) is 23.0 Å². The monoisotopic (exact) mass is 247 g/mol. The van der Waals surface area contributed by atoms with Crippen LogP contribution in [-0.4, -0.2) is 17.1 Å². The molecule has 0 radical (unpaired) electrons. The number of rotatable bonds is 5. The molecule has 2 aromatic rings. The van der Waals surface area contributed by atoms with Crippen LogP contribution in [0, 0.1) is 13.8 Å². The van der Waals surface area contributed by atoms with E-state index in [9.17, 15) is 0 Å². The van der Waals surface area contributed by atoms with Crippen molar-refractivity contribution in [1.29, 1.82) is 0 Å². The molecule has 0 amide bonds. The van der Waals surface area contributed by atoms with Crippen LogP contribution in [0.2, 0.25) is 0 Å². The highest BCUT2D eigenvalue weighted by Crippen LogP contribution is 2.13. The molecular formula is C13H17N3O2. The molecule has 2 aromatic heterocycles. The first-order chi connectivity index (χ1) is 8.67. The molecule has 5 heteroatoms. The van der Waals surface area contributed by atoms with Gasteiger partial charge in [-0.2, -0.15) is 0 Å². The summed E-state index contributed by atoms with van der Waals surface area (Å²) in [4.78, 5) is 8.55. The van der Waals surface area contributed by atoms with Crippen molar-refractivity contribution in [3.05, 3.63) is 41.4 Å². The summed E-state index contributed by atoms with van der Waals surface area (Å²) in [7, 11) is 1.65. The molecule has 0 fully saturated rings. The predicted molar refractivity (Wildman–Crippen MR) is 67.3 cm³/mol. The first-order valence-corrected chi connectivity index (χ1v) is 5.81. The summed E-state index contributed by atoms with van der Waals surface area (Å²) in [6, 6.07) is 3.82. The molecule has 0 saturated carbocycles. The largest absolute Gasteiger partial charge is 0.497 e. The highest BCUT2D eigenvalue weighted by atomic mass is 16.5. The number of pyridine rings is 1. The predicted octanol–water partition coefficient (Wildman–Crippen LogP) is 1.98. The third-order valence-corrected chi connectivity index (χ3v) is 2.47. The molecule has 0 unspecified atom stereocenters. The lowest BCUT2D eigenvalue weighted by Crippen LogP contribution is -2.14. The minimum atomic E-state index is 0.589. The zero-order chi connectivity index (χ0) is 13.0. The molecule has 0 aliphatic carbocycles. The highest BCUT2D eigenvalue weighted by molar-refractivity contribution is 5.26. The van der Waals surface area contributed by atoms with Gasteiger partial charge in [-0.05, 0) is 13.8 Å². The van der Waals surface area contributed by atoms with Crippen molar-refractivity contribution >= 4 is 0 Å². The first kappa shape index (κ1) is 12.6. The van der Waals surface area contributed by atoms with Gasteiger partial charge >= 0.3 is 0 Å². The van der Waals surface area contributed by atoms with Crippen molar-refractivity contribution in [2.75, 3.05) is 7.11 Å². The second kappa shape index (κ2) is 5.64. The van der Waals surface area contributed by atoms with Gasteiger partial charge in [0.25, 0.3) is 0 Å². The molecule has 2 heterocycles. The van der Waals surface area contributed by atoms with Gasteiger partial charge in [0.15, 0.2) is 0 Å². The molecule has 1 N–H and O–H groups in total. The average molecular weight is 247 g/mol. The lowest BCUT2D eigenvalue weighted by molar-refractivity contribution is 0.412. The Morgan fingerprint density at radius 1 is 1.28 bits per heavy atom. The van der Waals surface area contributed by atoms with Crippen LogP contribution in [-0.2, 0) is 13.1 Å². The van der Waals surface area contributed by atoms with E-state index < -0.39 is 0 Å². The van der Waals surface area contributed by atoms with E-state index in [1.54, 1.807) is 13.3 Å². The van der Waals surface area contributed by atoms with Crippen LogP contribution in [0.5, 0.6) is 5.75 Å². The lowest BCUT2D eigenvalue weighted by Gasteiger charge is -2.06. The Morgan fingerprint density at radius 2 is 2.11 bits per heavy atom. The SMILES string of the molecule is COc1cc(C)nc(CNCc2ncc(C)o2)c1. The average Bonchev–Trinajstić information content (AvgIpc) is 2.74. The molecule has 2 rings (SSSR count). The van der Waals surface area contributed by atoms with Gasteiger partial charge in [-0.3, -0.25) is 4.98 Å². The van der Waals surface area contributed by atoms with Gasteiger partial charge < -0.3 is 14.5 Å². The van der Waals surface area contributed by atoms with Gasteiger partial charge in [-0.25, -0.2) is 4.98 Å². The molecular weight excluding hydrogens is 230 g/mol. The maximum Gasteiger partial charge on any atom is 0.208 e. The van der Waals surface area contributed by atoms with E-state index >= 15 is 0 Å². The van der Waals surface area contributed by atoms with Gasteiger partial charge in [0.2, 0.25) is 5.89 Å². The van der Waals surface area contributed by atoms with Gasteiger partial charge in [-0.15, -0.1) is 0 Å². The molecule has 0 bridgehead atoms. The number of methoxy groups -OCH3 is 1. The highest BCUT2D eigenvalue weighted by Gasteiger charge is 2.03. The first-order valence-electron chi connectivity index (χ1n) is 5.81. The van der Waals surface area contributed by atoms with Gasteiger partial charge in [0.05, 0.1) is 25.5 Å². The summed E-state index contributed by atoms with van der Waals surface area (Å²) < 4.78 is 10.6. The van der Waals surface area contributed by atoms with E-state index in [-0.39, 0.29) is 0 Å². The number of nitrogens with zero attached hydrogens (tertiary/aromatic N) is 2. The fourth-order valence-corrected chi connectivity index (χ4v) is 1.69. The third kappa shape index (κ3) is 3.30. The molecule has 0 spiro atoms. The summed E-state index contributed by atoms with van der Waals surface area (Å²) >= 11 is 0. The molecule has 0 atom stereocenters. The van der Waals surface area contributed by atoms with Crippen molar-refractivity contribution < 1.29 is 9.15 Å². The van der Waals surface area contributed by atoms with E-state index in [1.165, 1.54) is 0 Å². The Kier molecular flexibility index (Phi) is 3.94. The topological polar surface area (TPSA) is 60.2 Å². The summed E-state index contributed by atoms with van der Waals surface area (Å²) in [6.45, 7) is 5.07. The zero-order valence-corrected chi connectivity index (χ0v) is 10.9. The quantitative estimate of drug-likeness (QED) is 0.875. The molecule has 18 heavy (non-hydrogen) atoms. The molecule has 0 saturated heterocycles. The summed E-state index contributed by atoms with van der Waals surface area (Å²) in [5, 5.41) is 3.24. The molecule has 96 valence electrons. The third-order valence-electron chi connectivity index (χ3n) is 2.47. The number of hydrogen-bond acceptors (Lipinski definition) is 5. The van der Waals surface area contributed by atoms with Crippen LogP contribution >= 0.6 is 0 Å². The Labute approximate surface area is 106 Å². The van der Waals surface area contributed by atoms with Crippen LogP contribution in [0.3, 0.4) is 0 Å². The van der Waals surface area contributed by atoms with E-state index in [0.717, 1.165) is 22.9 Å². The van der Waals surface area contributed by atoms with Crippen molar-refractivity contribution in [2.45, 2.75) is 26.9 Å². The van der Waals surface area contributed by atoms with E-state index in [2.05, 4.69) is 15.3 Å². The van der Waals surface area contributed by atoms with Gasteiger partial charge in [0, 0.05) is 24.4 Å². The Morgan fingerprint density at radius 3 is 2.78 bits per heavy atom. The van der Waals surface area contributed by atoms with Crippen LogP contribution < -0.4 is 10.1 Å². The fraction of sp³-hybridized carbons (Fsp3) is 0.385. The molecule has 0 aliphatic rings. The minimum Gasteiger partial charge on any atom is -0.497 e. The smallest absolute Gasteiger partial charge is 0.208 e. The van der Waals surface area contributed by atoms with Crippen LogP contribution in [0.15, 0.2) is 22.7 Å². The van der Waals surface area contributed by atoms with E-state index in [4.69, 9.17) is 9.15 Å². The number of aromatic nitrogens is 2. The standard InChI is InChI=1S/C13H17N3O2/c1-9-4-12(17-3)5-11(16-9)7-14-8-13-15-6-10(2)18-13/h4-6,14H,7-8H2,1-3H3. The summed E-state index contributed by atoms with van der Waals surface area (Å²) in [6.07, 6.45) is 1.71. The second-order valence-electron chi connectivity index (χ2n) is 4.11. The van der Waals surface area contributed by atoms with Gasteiger partial charge in [-0.1, -0.05) is 0 Å². The van der Waals surface area contributed by atoms with E-state index in [0.29, 0.717) is 19.0 Å². The fourth-order valence-electron chi connectivity index (χ4n) is 1.69. The van der Waals surface area contributed by atoms with Crippen molar-refractivity contribution in [1.82, 2.24) is 15.3 Å². The lowest BCUT2D eigenvalue weighted by atomic mass is 10.3. The maximum atomic E-state index is 5.37. The molecule has 5 nitrogen and oxygen atoms in total. The Balaban J connectivity index is 1.91.